The van der Waals surface area contributed by atoms with Gasteiger partial charge in [-0.1, -0.05) is 13.8 Å². The molecule has 1 N–H and O–H groups in total. The monoisotopic (exact) mass is 256 g/mol. The Morgan fingerprint density at radius 2 is 2.00 bits per heavy atom. The van der Waals surface area contributed by atoms with Gasteiger partial charge in [0.05, 0.1) is 0 Å². The van der Waals surface area contributed by atoms with Gasteiger partial charge in [0.15, 0.2) is 0 Å². The van der Waals surface area contributed by atoms with Crippen LogP contribution in [0.1, 0.15) is 39.5 Å². The largest absolute Gasteiger partial charge is 0.313 e. The summed E-state index contributed by atoms with van der Waals surface area (Å²) in [6.07, 6.45) is 5.57. The summed E-state index contributed by atoms with van der Waals surface area (Å²) >= 11 is 2.14. The van der Waals surface area contributed by atoms with Gasteiger partial charge >= 0.3 is 0 Å². The van der Waals surface area contributed by atoms with Crippen LogP contribution in [-0.4, -0.2) is 48.1 Å². The van der Waals surface area contributed by atoms with E-state index < -0.39 is 0 Å². The first-order valence-electron chi connectivity index (χ1n) is 7.31. The highest BCUT2D eigenvalue weighted by molar-refractivity contribution is 7.99. The Hall–Kier alpha value is 0.270. The molecule has 1 unspecified atom stereocenters. The van der Waals surface area contributed by atoms with E-state index in [0.29, 0.717) is 0 Å². The number of hydrogen-bond donors (Lipinski definition) is 1. The van der Waals surface area contributed by atoms with Crippen LogP contribution in [0, 0.1) is 5.92 Å². The minimum Gasteiger partial charge on any atom is -0.313 e. The molecule has 1 atom stereocenters. The molecule has 2 heterocycles. The molecule has 2 saturated heterocycles. The van der Waals surface area contributed by atoms with Crippen molar-refractivity contribution in [2.24, 2.45) is 5.92 Å². The lowest BCUT2D eigenvalue weighted by Crippen LogP contribution is -2.46. The maximum absolute atomic E-state index is 3.65. The van der Waals surface area contributed by atoms with E-state index in [2.05, 4.69) is 35.8 Å². The van der Waals surface area contributed by atoms with Crippen LogP contribution in [0.25, 0.3) is 0 Å². The zero-order chi connectivity index (χ0) is 12.1. The maximum atomic E-state index is 3.65. The Kier molecular flexibility index (Phi) is 5.64. The van der Waals surface area contributed by atoms with Gasteiger partial charge in [-0.25, -0.2) is 0 Å². The molecule has 0 aromatic heterocycles. The van der Waals surface area contributed by atoms with Crippen molar-refractivity contribution in [3.05, 3.63) is 0 Å². The number of rotatable bonds is 5. The average molecular weight is 256 g/mol. The van der Waals surface area contributed by atoms with E-state index in [9.17, 15) is 0 Å². The molecule has 100 valence electrons. The molecule has 0 aromatic carbocycles. The first-order valence-corrected chi connectivity index (χ1v) is 8.46. The Morgan fingerprint density at radius 1 is 1.24 bits per heavy atom. The molecule has 2 aliphatic rings. The minimum absolute atomic E-state index is 0.767. The first kappa shape index (κ1) is 13.7. The Bertz CT molecular complexity index is 208. The van der Waals surface area contributed by atoms with E-state index in [0.717, 1.165) is 18.0 Å². The molecule has 0 saturated carbocycles. The molecular formula is C14H28N2S. The van der Waals surface area contributed by atoms with Gasteiger partial charge in [0.1, 0.15) is 0 Å². The molecule has 0 bridgehead atoms. The molecule has 2 nitrogen and oxygen atoms in total. The van der Waals surface area contributed by atoms with Gasteiger partial charge in [0.25, 0.3) is 0 Å². The number of nitrogens with zero attached hydrogens (tertiary/aromatic N) is 1. The van der Waals surface area contributed by atoms with Gasteiger partial charge in [-0.2, -0.15) is 11.8 Å². The van der Waals surface area contributed by atoms with Gasteiger partial charge in [0, 0.05) is 25.2 Å². The zero-order valence-corrected chi connectivity index (χ0v) is 12.3. The summed E-state index contributed by atoms with van der Waals surface area (Å²) in [5, 5.41) is 3.65. The first-order chi connectivity index (χ1) is 8.25. The summed E-state index contributed by atoms with van der Waals surface area (Å²) in [6, 6.07) is 1.63. The fourth-order valence-electron chi connectivity index (χ4n) is 3.09. The standard InChI is InChI=1S/C14H28N2S/c1-12(2)10-16(11-13-4-3-7-15-13)14-5-8-17-9-6-14/h12-15H,3-11H2,1-2H3. The normalized spacial score (nSPS) is 27.2. The summed E-state index contributed by atoms with van der Waals surface area (Å²) in [5.74, 6) is 3.54. The molecular weight excluding hydrogens is 228 g/mol. The van der Waals surface area contributed by atoms with Crippen LogP contribution in [-0.2, 0) is 0 Å². The summed E-state index contributed by atoms with van der Waals surface area (Å²) in [5.41, 5.74) is 0. The van der Waals surface area contributed by atoms with Crippen LogP contribution in [0.15, 0.2) is 0 Å². The van der Waals surface area contributed by atoms with Crippen molar-refractivity contribution in [2.75, 3.05) is 31.1 Å². The molecule has 2 fully saturated rings. The van der Waals surface area contributed by atoms with Crippen LogP contribution < -0.4 is 5.32 Å². The van der Waals surface area contributed by atoms with Crippen LogP contribution in [0.3, 0.4) is 0 Å². The lowest BCUT2D eigenvalue weighted by atomic mass is 10.1. The highest BCUT2D eigenvalue weighted by Gasteiger charge is 2.25. The van der Waals surface area contributed by atoms with Gasteiger partial charge in [0.2, 0.25) is 0 Å². The second-order valence-corrected chi connectivity index (χ2v) is 7.21. The van der Waals surface area contributed by atoms with E-state index in [-0.39, 0.29) is 0 Å². The molecule has 0 aliphatic carbocycles. The third-order valence-corrected chi connectivity index (χ3v) is 4.97. The van der Waals surface area contributed by atoms with Crippen molar-refractivity contribution in [2.45, 2.75) is 51.6 Å². The number of thioether (sulfide) groups is 1. The SMILES string of the molecule is CC(C)CN(CC1CCCN1)C1CCSCC1. The predicted molar refractivity (Wildman–Crippen MR) is 77.8 cm³/mol. The summed E-state index contributed by atoms with van der Waals surface area (Å²) in [6.45, 7) is 8.51. The lowest BCUT2D eigenvalue weighted by molar-refractivity contribution is 0.152. The van der Waals surface area contributed by atoms with Gasteiger partial charge < -0.3 is 5.32 Å². The molecule has 2 rings (SSSR count). The predicted octanol–water partition coefficient (Wildman–Crippen LogP) is 2.59. The van der Waals surface area contributed by atoms with Crippen molar-refractivity contribution in [3.63, 3.8) is 0 Å². The molecule has 3 heteroatoms. The van der Waals surface area contributed by atoms with Crippen molar-refractivity contribution in [1.29, 1.82) is 0 Å². The molecule has 0 aromatic rings. The van der Waals surface area contributed by atoms with E-state index in [4.69, 9.17) is 0 Å². The van der Waals surface area contributed by atoms with Crippen molar-refractivity contribution in [1.82, 2.24) is 10.2 Å². The summed E-state index contributed by atoms with van der Waals surface area (Å²) in [7, 11) is 0. The quantitative estimate of drug-likeness (QED) is 0.814. The van der Waals surface area contributed by atoms with Crippen molar-refractivity contribution < 1.29 is 0 Å². The molecule has 17 heavy (non-hydrogen) atoms. The summed E-state index contributed by atoms with van der Waals surface area (Å²) in [4.78, 5) is 2.79. The Balaban J connectivity index is 1.86. The highest BCUT2D eigenvalue weighted by Crippen LogP contribution is 2.23. The van der Waals surface area contributed by atoms with Crippen LogP contribution in [0.2, 0.25) is 0 Å². The van der Waals surface area contributed by atoms with Gasteiger partial charge in [-0.05, 0) is 49.7 Å². The zero-order valence-electron chi connectivity index (χ0n) is 11.5. The smallest absolute Gasteiger partial charge is 0.0195 e. The minimum atomic E-state index is 0.767. The van der Waals surface area contributed by atoms with Gasteiger partial charge in [-0.15, -0.1) is 0 Å². The van der Waals surface area contributed by atoms with E-state index in [1.165, 1.54) is 56.8 Å². The second kappa shape index (κ2) is 7.01. The lowest BCUT2D eigenvalue weighted by Gasteiger charge is -2.36. The molecule has 0 radical (unpaired) electrons. The Morgan fingerprint density at radius 3 is 2.59 bits per heavy atom. The van der Waals surface area contributed by atoms with E-state index in [1.807, 2.05) is 0 Å². The molecule has 2 aliphatic heterocycles. The summed E-state index contributed by atoms with van der Waals surface area (Å²) < 4.78 is 0. The van der Waals surface area contributed by atoms with Crippen LogP contribution >= 0.6 is 11.8 Å². The van der Waals surface area contributed by atoms with E-state index in [1.54, 1.807) is 0 Å². The third kappa shape index (κ3) is 4.46. The van der Waals surface area contributed by atoms with Gasteiger partial charge in [-0.3, -0.25) is 4.90 Å². The fraction of sp³-hybridized carbons (Fsp3) is 1.00. The van der Waals surface area contributed by atoms with Crippen molar-refractivity contribution >= 4 is 11.8 Å². The topological polar surface area (TPSA) is 15.3 Å². The average Bonchev–Trinajstić information content (AvgIpc) is 2.82. The van der Waals surface area contributed by atoms with Crippen LogP contribution in [0.5, 0.6) is 0 Å². The number of hydrogen-bond acceptors (Lipinski definition) is 3. The highest BCUT2D eigenvalue weighted by atomic mass is 32.2. The maximum Gasteiger partial charge on any atom is 0.0195 e. The van der Waals surface area contributed by atoms with Crippen molar-refractivity contribution in [3.8, 4) is 0 Å². The third-order valence-electron chi connectivity index (χ3n) is 3.92. The Labute approximate surface area is 111 Å². The number of nitrogens with one attached hydrogen (secondary N) is 1. The molecule has 0 amide bonds. The second-order valence-electron chi connectivity index (χ2n) is 5.98. The van der Waals surface area contributed by atoms with E-state index >= 15 is 0 Å². The van der Waals surface area contributed by atoms with Crippen LogP contribution in [0.4, 0.5) is 0 Å². The fourth-order valence-corrected chi connectivity index (χ4v) is 4.17. The molecule has 0 spiro atoms.